The Balaban J connectivity index is 3.01. The van der Waals surface area contributed by atoms with Crippen LogP contribution in [0.25, 0.3) is 0 Å². The highest BCUT2D eigenvalue weighted by Gasteiger charge is 2.13. The van der Waals surface area contributed by atoms with Crippen LogP contribution < -0.4 is 4.74 Å². The van der Waals surface area contributed by atoms with Gasteiger partial charge in [-0.05, 0) is 31.9 Å². The summed E-state index contributed by atoms with van der Waals surface area (Å²) < 4.78 is 5.56. The van der Waals surface area contributed by atoms with Crippen LogP contribution in [0.5, 0.6) is 5.75 Å². The number of aliphatic hydroxyl groups excluding tert-OH is 1. The quantitative estimate of drug-likeness (QED) is 0.847. The van der Waals surface area contributed by atoms with Crippen LogP contribution in [0.3, 0.4) is 0 Å². The van der Waals surface area contributed by atoms with E-state index in [2.05, 4.69) is 6.07 Å². The number of aliphatic hydroxyl groups is 1. The van der Waals surface area contributed by atoms with Gasteiger partial charge in [0, 0.05) is 5.56 Å². The van der Waals surface area contributed by atoms with E-state index in [1.807, 2.05) is 32.0 Å². The molecule has 1 aromatic rings. The smallest absolute Gasteiger partial charge is 0.184 e. The van der Waals surface area contributed by atoms with Crippen molar-refractivity contribution in [2.75, 3.05) is 0 Å². The maximum atomic E-state index is 9.59. The van der Waals surface area contributed by atoms with Gasteiger partial charge in [0.1, 0.15) is 11.8 Å². The molecule has 0 aliphatic rings. The van der Waals surface area contributed by atoms with Gasteiger partial charge in [0.15, 0.2) is 6.10 Å². The van der Waals surface area contributed by atoms with Crippen LogP contribution in [-0.2, 0) is 0 Å². The summed E-state index contributed by atoms with van der Waals surface area (Å²) in [7, 11) is 0. The number of nitrogens with zero attached hydrogens (tertiary/aromatic N) is 1. The molecule has 0 saturated carbocycles. The lowest BCUT2D eigenvalue weighted by Crippen LogP contribution is -2.14. The first-order chi connectivity index (χ1) is 7.58. The van der Waals surface area contributed by atoms with Crippen LogP contribution in [0, 0.1) is 18.3 Å². The zero-order chi connectivity index (χ0) is 12.1. The highest BCUT2D eigenvalue weighted by Crippen LogP contribution is 2.27. The zero-order valence-electron chi connectivity index (χ0n) is 9.90. The van der Waals surface area contributed by atoms with Gasteiger partial charge in [-0.25, -0.2) is 0 Å². The van der Waals surface area contributed by atoms with Crippen LogP contribution in [0.15, 0.2) is 18.2 Å². The van der Waals surface area contributed by atoms with Crippen molar-refractivity contribution in [1.29, 1.82) is 5.26 Å². The molecule has 3 nitrogen and oxygen atoms in total. The maximum absolute atomic E-state index is 9.59. The second-order valence-electron chi connectivity index (χ2n) is 3.86. The van der Waals surface area contributed by atoms with E-state index in [1.54, 1.807) is 6.92 Å². The molecule has 0 radical (unpaired) electrons. The van der Waals surface area contributed by atoms with E-state index in [0.29, 0.717) is 12.2 Å². The molecule has 86 valence electrons. The third kappa shape index (κ3) is 2.98. The molecule has 2 atom stereocenters. The summed E-state index contributed by atoms with van der Waals surface area (Å²) in [5, 5.41) is 18.4. The number of ether oxygens (including phenoxy) is 1. The predicted octanol–water partition coefficient (Wildman–Crippen LogP) is 2.73. The number of nitriles is 1. The van der Waals surface area contributed by atoms with Crippen LogP contribution in [-0.4, -0.2) is 11.2 Å². The summed E-state index contributed by atoms with van der Waals surface area (Å²) in [6.45, 7) is 5.53. The summed E-state index contributed by atoms with van der Waals surface area (Å²) in [6, 6.07) is 7.68. The first-order valence-electron chi connectivity index (χ1n) is 5.43. The molecule has 1 rings (SSSR count). The molecule has 0 aliphatic heterocycles. The van der Waals surface area contributed by atoms with Crippen LogP contribution in [0.1, 0.15) is 37.5 Å². The second kappa shape index (κ2) is 5.53. The number of hydrogen-bond donors (Lipinski definition) is 1. The molecule has 0 spiro atoms. The van der Waals surface area contributed by atoms with E-state index in [0.717, 1.165) is 11.1 Å². The summed E-state index contributed by atoms with van der Waals surface area (Å²) in [6.07, 6.45) is -0.421. The Morgan fingerprint density at radius 2 is 2.19 bits per heavy atom. The molecule has 0 amide bonds. The van der Waals surface area contributed by atoms with Gasteiger partial charge in [-0.3, -0.25) is 0 Å². The molecular weight excluding hydrogens is 202 g/mol. The average Bonchev–Trinajstić information content (AvgIpc) is 2.25. The minimum Gasteiger partial charge on any atom is -0.475 e. The summed E-state index contributed by atoms with van der Waals surface area (Å²) in [5.74, 6) is 0.600. The minimum absolute atomic E-state index is 0.459. The number of aryl methyl sites for hydroxylation is 1. The number of benzene rings is 1. The molecule has 0 heterocycles. The summed E-state index contributed by atoms with van der Waals surface area (Å²) in [4.78, 5) is 0. The van der Waals surface area contributed by atoms with E-state index in [-0.39, 0.29) is 0 Å². The van der Waals surface area contributed by atoms with Crippen molar-refractivity contribution in [1.82, 2.24) is 0 Å². The van der Waals surface area contributed by atoms with Gasteiger partial charge >= 0.3 is 0 Å². The third-order valence-electron chi connectivity index (χ3n) is 2.40. The third-order valence-corrected chi connectivity index (χ3v) is 2.40. The summed E-state index contributed by atoms with van der Waals surface area (Å²) in [5.41, 5.74) is 1.77. The van der Waals surface area contributed by atoms with Crippen molar-refractivity contribution in [2.45, 2.75) is 39.4 Å². The van der Waals surface area contributed by atoms with Crippen molar-refractivity contribution in [2.24, 2.45) is 0 Å². The lowest BCUT2D eigenvalue weighted by molar-refractivity contribution is 0.184. The van der Waals surface area contributed by atoms with Gasteiger partial charge < -0.3 is 9.84 Å². The molecule has 0 aliphatic carbocycles. The van der Waals surface area contributed by atoms with Gasteiger partial charge in [0.2, 0.25) is 0 Å². The molecule has 16 heavy (non-hydrogen) atoms. The van der Waals surface area contributed by atoms with Gasteiger partial charge in [-0.2, -0.15) is 5.26 Å². The lowest BCUT2D eigenvalue weighted by Gasteiger charge is -2.16. The zero-order valence-corrected chi connectivity index (χ0v) is 9.90. The molecule has 1 N–H and O–H groups in total. The Hall–Kier alpha value is -1.53. The minimum atomic E-state index is -0.591. The molecule has 3 heteroatoms. The highest BCUT2D eigenvalue weighted by molar-refractivity contribution is 5.38. The number of rotatable bonds is 4. The molecule has 1 aromatic carbocycles. The molecular formula is C13H17NO2. The van der Waals surface area contributed by atoms with E-state index >= 15 is 0 Å². The van der Waals surface area contributed by atoms with Gasteiger partial charge in [0.05, 0.1) is 6.10 Å². The fourth-order valence-electron chi connectivity index (χ4n) is 1.44. The first-order valence-corrected chi connectivity index (χ1v) is 5.43. The van der Waals surface area contributed by atoms with Gasteiger partial charge in [0.25, 0.3) is 0 Å². The van der Waals surface area contributed by atoms with Gasteiger partial charge in [-0.15, -0.1) is 0 Å². The second-order valence-corrected chi connectivity index (χ2v) is 3.86. The summed E-state index contributed by atoms with van der Waals surface area (Å²) >= 11 is 0. The predicted molar refractivity (Wildman–Crippen MR) is 62.1 cm³/mol. The van der Waals surface area contributed by atoms with Crippen molar-refractivity contribution >= 4 is 0 Å². The Bertz CT molecular complexity index is 393. The molecule has 1 unspecified atom stereocenters. The van der Waals surface area contributed by atoms with Crippen molar-refractivity contribution in [3.63, 3.8) is 0 Å². The topological polar surface area (TPSA) is 53.2 Å². The first kappa shape index (κ1) is 12.5. The number of hydrogen-bond acceptors (Lipinski definition) is 3. The monoisotopic (exact) mass is 219 g/mol. The Morgan fingerprint density at radius 1 is 1.50 bits per heavy atom. The van der Waals surface area contributed by atoms with E-state index in [4.69, 9.17) is 10.00 Å². The van der Waals surface area contributed by atoms with Crippen LogP contribution in [0.2, 0.25) is 0 Å². The van der Waals surface area contributed by atoms with E-state index < -0.39 is 12.2 Å². The molecule has 0 aromatic heterocycles. The van der Waals surface area contributed by atoms with E-state index in [9.17, 15) is 5.11 Å². The van der Waals surface area contributed by atoms with Crippen molar-refractivity contribution in [3.05, 3.63) is 29.3 Å². The van der Waals surface area contributed by atoms with Crippen LogP contribution in [0.4, 0.5) is 0 Å². The Kier molecular flexibility index (Phi) is 4.33. The SMILES string of the molecule is CCC(C#N)Oc1cc(C)ccc1[C@H](C)O. The van der Waals surface area contributed by atoms with Crippen molar-refractivity contribution < 1.29 is 9.84 Å². The Morgan fingerprint density at radius 3 is 2.69 bits per heavy atom. The van der Waals surface area contributed by atoms with Crippen LogP contribution >= 0.6 is 0 Å². The standard InChI is InChI=1S/C13H17NO2/c1-4-11(8-14)16-13-7-9(2)5-6-12(13)10(3)15/h5-7,10-11,15H,4H2,1-3H3/t10-,11?/m0/s1. The van der Waals surface area contributed by atoms with E-state index in [1.165, 1.54) is 0 Å². The molecule has 0 fully saturated rings. The van der Waals surface area contributed by atoms with Gasteiger partial charge in [-0.1, -0.05) is 19.1 Å². The molecule has 0 saturated heterocycles. The largest absolute Gasteiger partial charge is 0.475 e. The molecule has 0 bridgehead atoms. The maximum Gasteiger partial charge on any atom is 0.184 e. The van der Waals surface area contributed by atoms with Crippen molar-refractivity contribution in [3.8, 4) is 11.8 Å². The normalized spacial score (nSPS) is 13.9. The fourth-order valence-corrected chi connectivity index (χ4v) is 1.44. The fraction of sp³-hybridized carbons (Fsp3) is 0.462. The lowest BCUT2D eigenvalue weighted by atomic mass is 10.1. The Labute approximate surface area is 96.3 Å². The average molecular weight is 219 g/mol. The highest BCUT2D eigenvalue weighted by atomic mass is 16.5.